The van der Waals surface area contributed by atoms with E-state index < -0.39 is 0 Å². The number of rotatable bonds is 7. The second kappa shape index (κ2) is 9.39. The maximum atomic E-state index is 11.7. The lowest BCUT2D eigenvalue weighted by atomic mass is 9.96. The van der Waals surface area contributed by atoms with Gasteiger partial charge in [-0.15, -0.1) is 0 Å². The average Bonchev–Trinajstić information content (AvgIpc) is 3.15. The van der Waals surface area contributed by atoms with Gasteiger partial charge in [0.2, 0.25) is 11.9 Å². The average molecular weight is 415 g/mol. The Labute approximate surface area is 176 Å². The predicted molar refractivity (Wildman–Crippen MR) is 115 cm³/mol. The quantitative estimate of drug-likeness (QED) is 0.713. The molecule has 2 aliphatic rings. The zero-order valence-electron chi connectivity index (χ0n) is 16.5. The van der Waals surface area contributed by atoms with Crippen molar-refractivity contribution in [2.75, 3.05) is 30.3 Å². The van der Waals surface area contributed by atoms with E-state index in [4.69, 9.17) is 11.6 Å². The number of halogens is 1. The van der Waals surface area contributed by atoms with Crippen molar-refractivity contribution in [3.8, 4) is 11.3 Å². The van der Waals surface area contributed by atoms with E-state index in [1.54, 1.807) is 12.4 Å². The van der Waals surface area contributed by atoms with Crippen molar-refractivity contribution in [2.24, 2.45) is 0 Å². The molecule has 1 aliphatic heterocycles. The third-order valence-corrected chi connectivity index (χ3v) is 5.85. The molecule has 4 rings (SSSR count). The Balaban J connectivity index is 1.42. The molecule has 1 amide bonds. The number of amides is 1. The van der Waals surface area contributed by atoms with E-state index in [1.807, 2.05) is 17.0 Å². The molecule has 1 saturated heterocycles. The van der Waals surface area contributed by atoms with Gasteiger partial charge in [-0.2, -0.15) is 0 Å². The molecule has 2 aromatic heterocycles. The van der Waals surface area contributed by atoms with Crippen molar-refractivity contribution in [1.82, 2.24) is 19.9 Å². The standard InChI is InChI=1S/C21H27ClN6O/c22-17-14-25-21(26-16-5-2-1-3-6-16)27-20(17)15-8-9-23-18(13-15)24-10-12-28-11-4-7-19(28)29/h8-9,13-14,16H,1-7,10-12H2,(H,23,24)(H,25,26,27). The fourth-order valence-corrected chi connectivity index (χ4v) is 4.20. The molecule has 1 saturated carbocycles. The maximum Gasteiger partial charge on any atom is 0.223 e. The van der Waals surface area contributed by atoms with Crippen LogP contribution < -0.4 is 10.6 Å². The van der Waals surface area contributed by atoms with Gasteiger partial charge in [-0.3, -0.25) is 4.79 Å². The molecular formula is C21H27ClN6O. The van der Waals surface area contributed by atoms with Crippen LogP contribution in [0.15, 0.2) is 24.5 Å². The third kappa shape index (κ3) is 5.15. The highest BCUT2D eigenvalue weighted by Gasteiger charge is 2.19. The smallest absolute Gasteiger partial charge is 0.223 e. The van der Waals surface area contributed by atoms with Gasteiger partial charge in [0.25, 0.3) is 0 Å². The first kappa shape index (κ1) is 19.9. The SMILES string of the molecule is O=C1CCCN1CCNc1cc(-c2nc(NC3CCCCC3)ncc2Cl)ccn1. The number of carbonyl (C=O) groups excluding carboxylic acids is 1. The van der Waals surface area contributed by atoms with Crippen LogP contribution in [0.3, 0.4) is 0 Å². The summed E-state index contributed by atoms with van der Waals surface area (Å²) in [5.41, 5.74) is 1.58. The van der Waals surface area contributed by atoms with Gasteiger partial charge in [0.1, 0.15) is 5.82 Å². The number of aromatic nitrogens is 3. The van der Waals surface area contributed by atoms with Gasteiger partial charge in [0.15, 0.2) is 0 Å². The normalized spacial score (nSPS) is 17.6. The zero-order valence-corrected chi connectivity index (χ0v) is 17.3. The number of anilines is 2. The number of pyridine rings is 1. The summed E-state index contributed by atoms with van der Waals surface area (Å²) < 4.78 is 0. The summed E-state index contributed by atoms with van der Waals surface area (Å²) in [5, 5.41) is 7.26. The molecule has 0 spiro atoms. The highest BCUT2D eigenvalue weighted by atomic mass is 35.5. The minimum Gasteiger partial charge on any atom is -0.368 e. The van der Waals surface area contributed by atoms with E-state index in [1.165, 1.54) is 19.3 Å². The number of nitrogens with one attached hydrogen (secondary N) is 2. The van der Waals surface area contributed by atoms with Gasteiger partial charge in [-0.05, 0) is 31.4 Å². The molecule has 0 atom stereocenters. The molecular weight excluding hydrogens is 388 g/mol. The van der Waals surface area contributed by atoms with E-state index in [2.05, 4.69) is 25.6 Å². The van der Waals surface area contributed by atoms with Gasteiger partial charge < -0.3 is 15.5 Å². The Kier molecular flexibility index (Phi) is 6.44. The number of nitrogens with zero attached hydrogens (tertiary/aromatic N) is 4. The van der Waals surface area contributed by atoms with E-state index in [0.717, 1.165) is 37.2 Å². The number of likely N-dealkylation sites (tertiary alicyclic amines) is 1. The maximum absolute atomic E-state index is 11.7. The molecule has 2 fully saturated rings. The van der Waals surface area contributed by atoms with Gasteiger partial charge in [-0.1, -0.05) is 30.9 Å². The van der Waals surface area contributed by atoms with Crippen molar-refractivity contribution in [2.45, 2.75) is 51.0 Å². The first-order valence-electron chi connectivity index (χ1n) is 10.5. The van der Waals surface area contributed by atoms with E-state index >= 15 is 0 Å². The second-order valence-corrected chi connectivity index (χ2v) is 8.12. The first-order chi connectivity index (χ1) is 14.2. The molecule has 2 aromatic rings. The number of hydrogen-bond acceptors (Lipinski definition) is 6. The zero-order chi connectivity index (χ0) is 20.1. The fraction of sp³-hybridized carbons (Fsp3) is 0.524. The molecule has 1 aliphatic carbocycles. The highest BCUT2D eigenvalue weighted by Crippen LogP contribution is 2.28. The van der Waals surface area contributed by atoms with Crippen molar-refractivity contribution >= 4 is 29.3 Å². The van der Waals surface area contributed by atoms with Crippen LogP contribution in [0, 0.1) is 0 Å². The summed E-state index contributed by atoms with van der Waals surface area (Å²) >= 11 is 6.39. The lowest BCUT2D eigenvalue weighted by Crippen LogP contribution is -2.30. The Morgan fingerprint density at radius 2 is 2.03 bits per heavy atom. The largest absolute Gasteiger partial charge is 0.368 e. The topological polar surface area (TPSA) is 83.0 Å². The Bertz CT molecular complexity index is 855. The highest BCUT2D eigenvalue weighted by molar-refractivity contribution is 6.32. The summed E-state index contributed by atoms with van der Waals surface area (Å²) in [7, 11) is 0. The Hall–Kier alpha value is -2.41. The summed E-state index contributed by atoms with van der Waals surface area (Å²) in [6.07, 6.45) is 11.1. The van der Waals surface area contributed by atoms with Crippen molar-refractivity contribution in [3.05, 3.63) is 29.5 Å². The Morgan fingerprint density at radius 1 is 1.17 bits per heavy atom. The molecule has 3 heterocycles. The second-order valence-electron chi connectivity index (χ2n) is 7.71. The van der Waals surface area contributed by atoms with Crippen molar-refractivity contribution < 1.29 is 4.79 Å². The molecule has 29 heavy (non-hydrogen) atoms. The van der Waals surface area contributed by atoms with Crippen LogP contribution in [0.25, 0.3) is 11.3 Å². The minimum atomic E-state index is 0.235. The van der Waals surface area contributed by atoms with Crippen LogP contribution in [0.1, 0.15) is 44.9 Å². The van der Waals surface area contributed by atoms with Crippen LogP contribution in [0.5, 0.6) is 0 Å². The van der Waals surface area contributed by atoms with Crippen molar-refractivity contribution in [3.63, 3.8) is 0 Å². The van der Waals surface area contributed by atoms with Gasteiger partial charge in [0, 0.05) is 43.9 Å². The third-order valence-electron chi connectivity index (χ3n) is 5.58. The van der Waals surface area contributed by atoms with E-state index in [0.29, 0.717) is 42.2 Å². The van der Waals surface area contributed by atoms with Gasteiger partial charge in [0.05, 0.1) is 16.9 Å². The molecule has 8 heteroatoms. The van der Waals surface area contributed by atoms with Crippen LogP contribution in [0.4, 0.5) is 11.8 Å². The lowest BCUT2D eigenvalue weighted by molar-refractivity contribution is -0.127. The summed E-state index contributed by atoms with van der Waals surface area (Å²) in [4.78, 5) is 27.0. The number of carbonyl (C=O) groups is 1. The first-order valence-corrected chi connectivity index (χ1v) is 10.8. The van der Waals surface area contributed by atoms with E-state index in [-0.39, 0.29) is 5.91 Å². The van der Waals surface area contributed by atoms with Crippen molar-refractivity contribution in [1.29, 1.82) is 0 Å². The minimum absolute atomic E-state index is 0.235. The monoisotopic (exact) mass is 414 g/mol. The van der Waals surface area contributed by atoms with Gasteiger partial charge >= 0.3 is 0 Å². The van der Waals surface area contributed by atoms with Crippen LogP contribution in [-0.2, 0) is 4.79 Å². The fourth-order valence-electron chi connectivity index (χ4n) is 4.00. The molecule has 7 nitrogen and oxygen atoms in total. The molecule has 0 unspecified atom stereocenters. The van der Waals surface area contributed by atoms with Crippen LogP contribution in [0.2, 0.25) is 5.02 Å². The van der Waals surface area contributed by atoms with E-state index in [9.17, 15) is 4.79 Å². The lowest BCUT2D eigenvalue weighted by Gasteiger charge is -2.22. The van der Waals surface area contributed by atoms with Crippen LogP contribution in [-0.4, -0.2) is 51.4 Å². The van der Waals surface area contributed by atoms with Gasteiger partial charge in [-0.25, -0.2) is 15.0 Å². The molecule has 0 aromatic carbocycles. The molecule has 0 bridgehead atoms. The van der Waals surface area contributed by atoms with Crippen LogP contribution >= 0.6 is 11.6 Å². The summed E-state index contributed by atoms with van der Waals surface area (Å²) in [6.45, 7) is 2.20. The number of hydrogen-bond donors (Lipinski definition) is 2. The molecule has 154 valence electrons. The Morgan fingerprint density at radius 3 is 2.83 bits per heavy atom. The summed E-state index contributed by atoms with van der Waals surface area (Å²) in [5.74, 6) is 1.60. The predicted octanol–water partition coefficient (Wildman–Crippen LogP) is 3.97. The molecule has 0 radical (unpaired) electrons. The molecule has 2 N–H and O–H groups in total. The summed E-state index contributed by atoms with van der Waals surface area (Å²) in [6, 6.07) is 4.26.